The molecule has 0 amide bonds. The lowest BCUT2D eigenvalue weighted by Crippen LogP contribution is -2.03. The Morgan fingerprint density at radius 2 is 1.80 bits per heavy atom. The molecule has 8 nitrogen and oxygen atoms in total. The highest BCUT2D eigenvalue weighted by Crippen LogP contribution is 2.21. The first-order chi connectivity index (χ1) is 12.0. The Hall–Kier alpha value is -2.99. The Morgan fingerprint density at radius 1 is 1.16 bits per heavy atom. The van der Waals surface area contributed by atoms with Gasteiger partial charge in [-0.05, 0) is 49.6 Å². The molecular weight excluding hydrogens is 346 g/mol. The van der Waals surface area contributed by atoms with Gasteiger partial charge in [0.1, 0.15) is 5.75 Å². The van der Waals surface area contributed by atoms with Crippen LogP contribution in [0.3, 0.4) is 0 Å². The number of methoxy groups -OCH3 is 1. The molecule has 2 aromatic rings. The number of carbonyl (C=O) groups excluding carboxylic acids is 2. The number of aromatic nitrogens is 2. The fraction of sp³-hybridized carbons (Fsp3) is 0.312. The maximum absolute atomic E-state index is 11.5. The lowest BCUT2D eigenvalue weighted by Gasteiger charge is -1.99. The Labute approximate surface area is 149 Å². The molecule has 9 heteroatoms. The van der Waals surface area contributed by atoms with E-state index in [9.17, 15) is 9.59 Å². The van der Waals surface area contributed by atoms with Crippen molar-refractivity contribution >= 4 is 23.5 Å². The summed E-state index contributed by atoms with van der Waals surface area (Å²) < 4.78 is 18.3. The van der Waals surface area contributed by atoms with E-state index in [1.807, 2.05) is 24.3 Å². The van der Waals surface area contributed by atoms with E-state index in [-0.39, 0.29) is 11.6 Å². The van der Waals surface area contributed by atoms with Gasteiger partial charge in [0.05, 0.1) is 20.3 Å². The monoisotopic (exact) mass is 363 g/mol. The maximum Gasteiger partial charge on any atom is 0.411 e. The number of hydrogen-bond acceptors (Lipinski definition) is 9. The highest BCUT2D eigenvalue weighted by Gasteiger charge is 2.14. The van der Waals surface area contributed by atoms with E-state index in [4.69, 9.17) is 14.7 Å². The lowest BCUT2D eigenvalue weighted by molar-refractivity contribution is -0.136. The Morgan fingerprint density at radius 3 is 2.28 bits per heavy atom. The molecule has 0 radical (unpaired) electrons. The van der Waals surface area contributed by atoms with Crippen molar-refractivity contribution < 1.29 is 23.8 Å². The zero-order chi connectivity index (χ0) is 18.7. The van der Waals surface area contributed by atoms with E-state index < -0.39 is 11.9 Å². The molecule has 1 aromatic heterocycles. The molecule has 25 heavy (non-hydrogen) atoms. The van der Waals surface area contributed by atoms with Crippen LogP contribution in [0.1, 0.15) is 23.6 Å². The van der Waals surface area contributed by atoms with E-state index in [0.29, 0.717) is 12.4 Å². The van der Waals surface area contributed by atoms with Gasteiger partial charge >= 0.3 is 11.9 Å². The van der Waals surface area contributed by atoms with E-state index >= 15 is 0 Å². The van der Waals surface area contributed by atoms with E-state index in [1.54, 1.807) is 21.0 Å². The summed E-state index contributed by atoms with van der Waals surface area (Å²) in [4.78, 5) is 25.4. The molecule has 0 saturated carbocycles. The molecule has 0 aliphatic carbocycles. The van der Waals surface area contributed by atoms with Gasteiger partial charge in [-0.25, -0.2) is 14.6 Å². The Bertz CT molecular complexity index is 737. The Kier molecular flexibility index (Phi) is 8.60. The van der Waals surface area contributed by atoms with Crippen molar-refractivity contribution in [3.63, 3.8) is 0 Å². The number of hydrogen-bond donors (Lipinski definition) is 0. The summed E-state index contributed by atoms with van der Waals surface area (Å²) in [6.45, 7) is 4.00. The lowest BCUT2D eigenvalue weighted by atomic mass is 10.2. The third-order valence-electron chi connectivity index (χ3n) is 2.59. The normalized spacial score (nSPS) is 9.20. The molecule has 132 valence electrons. The van der Waals surface area contributed by atoms with Crippen LogP contribution in [-0.4, -0.2) is 41.6 Å². The minimum Gasteiger partial charge on any atom is -0.497 e. The van der Waals surface area contributed by atoms with Crippen LogP contribution < -0.4 is 4.74 Å². The quantitative estimate of drug-likeness (QED) is 0.588. The number of ether oxygens (including phenoxy) is 3. The standard InChI is InChI=1S/C12H12N2O3S.C4H5NO2/c1-3-17-12(15)11-13-10(14-18-11)8-4-6-9(16-2)7-5-8;1-2-7-4(6)3-5/h4-7H,3H2,1-2H3;2H2,1H3. The molecule has 0 aliphatic rings. The van der Waals surface area contributed by atoms with Crippen LogP contribution in [0, 0.1) is 11.3 Å². The van der Waals surface area contributed by atoms with Crippen molar-refractivity contribution in [2.75, 3.05) is 20.3 Å². The first kappa shape index (κ1) is 20.1. The molecular formula is C16H17N3O5S. The number of nitriles is 1. The average Bonchev–Trinajstić information content (AvgIpc) is 3.13. The van der Waals surface area contributed by atoms with Gasteiger partial charge in [-0.1, -0.05) is 0 Å². The fourth-order valence-corrected chi connectivity index (χ4v) is 2.10. The molecule has 1 heterocycles. The van der Waals surface area contributed by atoms with Crippen LogP contribution in [0.4, 0.5) is 0 Å². The summed E-state index contributed by atoms with van der Waals surface area (Å²) in [6, 6.07) is 8.63. The highest BCUT2D eigenvalue weighted by atomic mass is 32.1. The van der Waals surface area contributed by atoms with Gasteiger partial charge in [-0.3, -0.25) is 0 Å². The van der Waals surface area contributed by atoms with Crippen LogP contribution in [0.15, 0.2) is 24.3 Å². The molecule has 1 aromatic carbocycles. The fourth-order valence-electron chi connectivity index (χ4n) is 1.52. The number of rotatable bonds is 5. The predicted molar refractivity (Wildman–Crippen MR) is 90.1 cm³/mol. The van der Waals surface area contributed by atoms with Crippen molar-refractivity contribution in [3.8, 4) is 23.2 Å². The average molecular weight is 363 g/mol. The second kappa shape index (κ2) is 10.7. The summed E-state index contributed by atoms with van der Waals surface area (Å²) in [5.74, 6) is 0.0302. The molecule has 2 rings (SSSR count). The molecule has 0 unspecified atom stereocenters. The van der Waals surface area contributed by atoms with Crippen molar-refractivity contribution in [1.29, 1.82) is 5.26 Å². The van der Waals surface area contributed by atoms with Gasteiger partial charge < -0.3 is 14.2 Å². The Balaban J connectivity index is 0.000000381. The van der Waals surface area contributed by atoms with Gasteiger partial charge in [0.25, 0.3) is 0 Å². The predicted octanol–water partition coefficient (Wildman–Crippen LogP) is 2.46. The molecule has 0 N–H and O–H groups in total. The first-order valence-electron chi connectivity index (χ1n) is 7.27. The van der Waals surface area contributed by atoms with Gasteiger partial charge in [-0.15, -0.1) is 0 Å². The smallest absolute Gasteiger partial charge is 0.411 e. The summed E-state index contributed by atoms with van der Waals surface area (Å²) in [7, 11) is 1.61. The molecule has 0 atom stereocenters. The zero-order valence-electron chi connectivity index (χ0n) is 14.0. The SMILES string of the molecule is CCOC(=O)C#N.CCOC(=O)c1nc(-c2ccc(OC)cc2)ns1. The van der Waals surface area contributed by atoms with Crippen molar-refractivity contribution in [2.45, 2.75) is 13.8 Å². The number of carbonyl (C=O) groups is 2. The molecule has 0 fully saturated rings. The summed E-state index contributed by atoms with van der Waals surface area (Å²) in [5, 5.41) is 8.01. The largest absolute Gasteiger partial charge is 0.497 e. The summed E-state index contributed by atoms with van der Waals surface area (Å²) in [5.41, 5.74) is 0.836. The third kappa shape index (κ3) is 6.56. The van der Waals surface area contributed by atoms with Crippen LogP contribution in [0.25, 0.3) is 11.4 Å². The molecule has 0 aliphatic heterocycles. The highest BCUT2D eigenvalue weighted by molar-refractivity contribution is 7.07. The molecule has 0 saturated heterocycles. The van der Waals surface area contributed by atoms with Crippen LogP contribution >= 0.6 is 11.5 Å². The minimum atomic E-state index is -0.817. The third-order valence-corrected chi connectivity index (χ3v) is 3.29. The van der Waals surface area contributed by atoms with Gasteiger partial charge in [0.2, 0.25) is 5.01 Å². The minimum absolute atomic E-state index is 0.266. The van der Waals surface area contributed by atoms with Gasteiger partial charge in [0, 0.05) is 5.56 Å². The van der Waals surface area contributed by atoms with Crippen LogP contribution in [-0.2, 0) is 14.3 Å². The van der Waals surface area contributed by atoms with Gasteiger partial charge in [-0.2, -0.15) is 9.64 Å². The van der Waals surface area contributed by atoms with Crippen molar-refractivity contribution in [2.24, 2.45) is 0 Å². The zero-order valence-corrected chi connectivity index (χ0v) is 14.8. The second-order valence-corrected chi connectivity index (χ2v) is 4.96. The summed E-state index contributed by atoms with van der Waals surface area (Å²) in [6.07, 6.45) is 0. The van der Waals surface area contributed by atoms with Crippen LogP contribution in [0.5, 0.6) is 5.75 Å². The first-order valence-corrected chi connectivity index (χ1v) is 8.05. The maximum atomic E-state index is 11.5. The van der Waals surface area contributed by atoms with Crippen molar-refractivity contribution in [1.82, 2.24) is 9.36 Å². The van der Waals surface area contributed by atoms with E-state index in [0.717, 1.165) is 22.8 Å². The topological polar surface area (TPSA) is 111 Å². The van der Waals surface area contributed by atoms with E-state index in [1.165, 1.54) is 6.07 Å². The number of nitrogens with zero attached hydrogens (tertiary/aromatic N) is 3. The molecule has 0 bridgehead atoms. The van der Waals surface area contributed by atoms with E-state index in [2.05, 4.69) is 14.1 Å². The second-order valence-electron chi connectivity index (χ2n) is 4.20. The number of benzene rings is 1. The van der Waals surface area contributed by atoms with Crippen molar-refractivity contribution in [3.05, 3.63) is 29.3 Å². The van der Waals surface area contributed by atoms with Gasteiger partial charge in [0.15, 0.2) is 11.9 Å². The summed E-state index contributed by atoms with van der Waals surface area (Å²) >= 11 is 1.04. The van der Waals surface area contributed by atoms with Crippen LogP contribution in [0.2, 0.25) is 0 Å². The number of esters is 2. The molecule has 0 spiro atoms.